The summed E-state index contributed by atoms with van der Waals surface area (Å²) in [4.78, 5) is 9.87. The molecule has 1 saturated heterocycles. The van der Waals surface area contributed by atoms with Crippen molar-refractivity contribution in [3.05, 3.63) is 40.3 Å². The van der Waals surface area contributed by atoms with E-state index in [2.05, 4.69) is 20.2 Å². The van der Waals surface area contributed by atoms with Gasteiger partial charge in [-0.15, -0.1) is 5.10 Å². The van der Waals surface area contributed by atoms with Gasteiger partial charge >= 0.3 is 6.01 Å². The fourth-order valence-corrected chi connectivity index (χ4v) is 3.35. The maximum Gasteiger partial charge on any atom is 0.329 e. The van der Waals surface area contributed by atoms with E-state index in [1.54, 1.807) is 0 Å². The van der Waals surface area contributed by atoms with Crippen LogP contribution in [0.2, 0.25) is 0 Å². The molecule has 24 heavy (non-hydrogen) atoms. The van der Waals surface area contributed by atoms with Gasteiger partial charge in [-0.3, -0.25) is 10.1 Å². The van der Waals surface area contributed by atoms with Gasteiger partial charge in [0.05, 0.1) is 9.82 Å². The predicted molar refractivity (Wildman–Crippen MR) is 83.0 cm³/mol. The predicted octanol–water partition coefficient (Wildman–Crippen LogP) is 1.25. The highest BCUT2D eigenvalue weighted by Crippen LogP contribution is 2.24. The van der Waals surface area contributed by atoms with Crippen LogP contribution < -0.4 is 10.0 Å². The molecule has 1 aliphatic heterocycles. The summed E-state index contributed by atoms with van der Waals surface area (Å²) >= 11 is 0. The van der Waals surface area contributed by atoms with E-state index in [1.165, 1.54) is 0 Å². The molecular formula is C13H15N5O5S. The molecule has 2 N–H and O–H groups in total. The first-order chi connectivity index (χ1) is 11.5. The van der Waals surface area contributed by atoms with Gasteiger partial charge in [0, 0.05) is 24.6 Å². The maximum atomic E-state index is 12.2. The van der Waals surface area contributed by atoms with Gasteiger partial charge in [-0.05, 0) is 31.5 Å². The number of piperidine rings is 1. The van der Waals surface area contributed by atoms with Gasteiger partial charge in [-0.1, -0.05) is 5.10 Å². The quantitative estimate of drug-likeness (QED) is 0.604. The third-order valence-corrected chi connectivity index (χ3v) is 5.00. The summed E-state index contributed by atoms with van der Waals surface area (Å²) in [6, 6.07) is 4.28. The monoisotopic (exact) mass is 353 g/mol. The summed E-state index contributed by atoms with van der Waals surface area (Å²) in [5, 5.41) is 21.4. The van der Waals surface area contributed by atoms with Gasteiger partial charge in [0.2, 0.25) is 5.89 Å². The number of benzene rings is 1. The lowest BCUT2D eigenvalue weighted by molar-refractivity contribution is -0.384. The third-order valence-electron chi connectivity index (χ3n) is 3.67. The minimum absolute atomic E-state index is 0.0591. The summed E-state index contributed by atoms with van der Waals surface area (Å²) in [5.41, 5.74) is -0.196. The fourth-order valence-electron chi connectivity index (χ4n) is 2.42. The van der Waals surface area contributed by atoms with Crippen LogP contribution in [0, 0.1) is 10.1 Å². The second-order valence-electron chi connectivity index (χ2n) is 5.35. The molecule has 1 aromatic heterocycles. The second kappa shape index (κ2) is 6.53. The van der Waals surface area contributed by atoms with Gasteiger partial charge in [0.25, 0.3) is 15.7 Å². The van der Waals surface area contributed by atoms with Crippen molar-refractivity contribution >= 4 is 21.7 Å². The average molecular weight is 353 g/mol. The summed E-state index contributed by atoms with van der Waals surface area (Å²) in [6.45, 7) is 1.64. The van der Waals surface area contributed by atoms with Crippen LogP contribution in [-0.4, -0.2) is 36.6 Å². The maximum absolute atomic E-state index is 12.2. The first-order valence-electron chi connectivity index (χ1n) is 7.27. The molecule has 0 spiro atoms. The molecule has 2 heterocycles. The lowest BCUT2D eigenvalue weighted by Gasteiger charge is -2.18. The Labute approximate surface area is 137 Å². The standard InChI is InChI=1S/C13H15N5O5S/c19-18(20)10-3-5-11(6-4-10)24(21,22)17-13-16-15-12(23-13)9-2-1-7-14-8-9/h3-6,9,14H,1-2,7-8H2,(H,16,17). The van der Waals surface area contributed by atoms with Crippen molar-refractivity contribution in [2.45, 2.75) is 23.7 Å². The fraction of sp³-hybridized carbons (Fsp3) is 0.385. The van der Waals surface area contributed by atoms with E-state index in [1.807, 2.05) is 0 Å². The number of nitrogens with one attached hydrogen (secondary N) is 2. The number of nitro benzene ring substituents is 1. The number of hydrogen-bond acceptors (Lipinski definition) is 8. The molecule has 1 fully saturated rings. The molecule has 10 nitrogen and oxygen atoms in total. The number of rotatable bonds is 5. The first-order valence-corrected chi connectivity index (χ1v) is 8.75. The van der Waals surface area contributed by atoms with Crippen molar-refractivity contribution in [3.63, 3.8) is 0 Å². The summed E-state index contributed by atoms with van der Waals surface area (Å²) in [5.74, 6) is 0.437. The smallest absolute Gasteiger partial charge is 0.329 e. The number of nitrogens with zero attached hydrogens (tertiary/aromatic N) is 3. The van der Waals surface area contributed by atoms with E-state index < -0.39 is 14.9 Å². The summed E-state index contributed by atoms with van der Waals surface area (Å²) in [7, 11) is -3.96. The third kappa shape index (κ3) is 3.51. The molecule has 0 amide bonds. The number of non-ortho nitro benzene ring substituents is 1. The number of aromatic nitrogens is 2. The molecule has 11 heteroatoms. The Bertz CT molecular complexity index is 827. The van der Waals surface area contributed by atoms with E-state index in [-0.39, 0.29) is 22.5 Å². The highest BCUT2D eigenvalue weighted by Gasteiger charge is 2.23. The molecule has 1 aromatic carbocycles. The Morgan fingerprint density at radius 2 is 2.04 bits per heavy atom. The number of sulfonamides is 1. The van der Waals surface area contributed by atoms with Crippen LogP contribution in [0.5, 0.6) is 0 Å². The van der Waals surface area contributed by atoms with Crippen molar-refractivity contribution in [1.29, 1.82) is 0 Å². The highest BCUT2D eigenvalue weighted by atomic mass is 32.2. The molecule has 0 saturated carbocycles. The van der Waals surface area contributed by atoms with Crippen molar-refractivity contribution in [2.75, 3.05) is 17.8 Å². The summed E-state index contributed by atoms with van der Waals surface area (Å²) in [6.07, 6.45) is 1.88. The van der Waals surface area contributed by atoms with Crippen LogP contribution in [0.4, 0.5) is 11.7 Å². The molecule has 0 radical (unpaired) electrons. The molecule has 3 rings (SSSR count). The molecule has 0 aliphatic carbocycles. The zero-order chi connectivity index (χ0) is 17.2. The van der Waals surface area contributed by atoms with Gasteiger partial charge in [-0.25, -0.2) is 13.1 Å². The van der Waals surface area contributed by atoms with E-state index >= 15 is 0 Å². The van der Waals surface area contributed by atoms with E-state index in [9.17, 15) is 18.5 Å². The first kappa shape index (κ1) is 16.3. The summed E-state index contributed by atoms with van der Waals surface area (Å²) < 4.78 is 32.1. The van der Waals surface area contributed by atoms with Crippen LogP contribution in [0.25, 0.3) is 0 Å². The second-order valence-corrected chi connectivity index (χ2v) is 7.03. The van der Waals surface area contributed by atoms with Crippen LogP contribution in [0.3, 0.4) is 0 Å². The Morgan fingerprint density at radius 3 is 2.67 bits per heavy atom. The van der Waals surface area contributed by atoms with Crippen molar-refractivity contribution < 1.29 is 17.8 Å². The Kier molecular flexibility index (Phi) is 4.44. The number of anilines is 1. The van der Waals surface area contributed by atoms with E-state index in [0.717, 1.165) is 43.7 Å². The molecule has 128 valence electrons. The Morgan fingerprint density at radius 1 is 1.29 bits per heavy atom. The lowest BCUT2D eigenvalue weighted by Crippen LogP contribution is -2.28. The molecule has 2 aromatic rings. The molecule has 1 atom stereocenters. The normalized spacial score (nSPS) is 18.2. The Hall–Kier alpha value is -2.53. The molecule has 1 unspecified atom stereocenters. The van der Waals surface area contributed by atoms with E-state index in [4.69, 9.17) is 4.42 Å². The van der Waals surface area contributed by atoms with Gasteiger partial charge in [0.15, 0.2) is 0 Å². The topological polar surface area (TPSA) is 140 Å². The largest absolute Gasteiger partial charge is 0.407 e. The zero-order valence-corrected chi connectivity index (χ0v) is 13.3. The molecular weight excluding hydrogens is 338 g/mol. The average Bonchev–Trinajstić information content (AvgIpc) is 3.03. The van der Waals surface area contributed by atoms with E-state index in [0.29, 0.717) is 12.4 Å². The number of nitro groups is 1. The lowest BCUT2D eigenvalue weighted by atomic mass is 10.00. The highest BCUT2D eigenvalue weighted by molar-refractivity contribution is 7.92. The van der Waals surface area contributed by atoms with Crippen LogP contribution >= 0.6 is 0 Å². The van der Waals surface area contributed by atoms with Gasteiger partial charge < -0.3 is 9.73 Å². The van der Waals surface area contributed by atoms with Crippen LogP contribution in [0.1, 0.15) is 24.7 Å². The zero-order valence-electron chi connectivity index (χ0n) is 12.5. The number of hydrogen-bond donors (Lipinski definition) is 2. The van der Waals surface area contributed by atoms with Crippen molar-refractivity contribution in [3.8, 4) is 0 Å². The van der Waals surface area contributed by atoms with Crippen molar-refractivity contribution in [2.24, 2.45) is 0 Å². The molecule has 0 bridgehead atoms. The van der Waals surface area contributed by atoms with Crippen LogP contribution in [0.15, 0.2) is 33.6 Å². The van der Waals surface area contributed by atoms with Crippen LogP contribution in [-0.2, 0) is 10.0 Å². The SMILES string of the molecule is O=[N+]([O-])c1ccc(S(=O)(=O)Nc2nnc(C3CCCNC3)o2)cc1. The minimum Gasteiger partial charge on any atom is -0.407 e. The minimum atomic E-state index is -3.96. The van der Waals surface area contributed by atoms with Crippen molar-refractivity contribution in [1.82, 2.24) is 15.5 Å². The Balaban J connectivity index is 1.74. The van der Waals surface area contributed by atoms with Gasteiger partial charge in [0.1, 0.15) is 0 Å². The van der Waals surface area contributed by atoms with Gasteiger partial charge in [-0.2, -0.15) is 0 Å². The molecule has 1 aliphatic rings.